The van der Waals surface area contributed by atoms with Crippen LogP contribution in [0.15, 0.2) is 54.9 Å². The molecule has 0 radical (unpaired) electrons. The number of hydrogen-bond donors (Lipinski definition) is 3. The smallest absolute Gasteiger partial charge is 0.250 e. The summed E-state index contributed by atoms with van der Waals surface area (Å²) in [4.78, 5) is 20.3. The fourth-order valence-corrected chi connectivity index (χ4v) is 3.00. The quantitative estimate of drug-likeness (QED) is 0.634. The fourth-order valence-electron chi connectivity index (χ4n) is 3.00. The highest BCUT2D eigenvalue weighted by Gasteiger charge is 2.24. The lowest BCUT2D eigenvalue weighted by atomic mass is 9.91. The van der Waals surface area contributed by atoms with Gasteiger partial charge in [-0.2, -0.15) is 0 Å². The molecule has 0 aliphatic rings. The summed E-state index contributed by atoms with van der Waals surface area (Å²) >= 11 is 0. The van der Waals surface area contributed by atoms with Crippen LogP contribution in [-0.4, -0.2) is 21.9 Å². The number of anilines is 1. The van der Waals surface area contributed by atoms with E-state index in [1.165, 1.54) is 6.33 Å². The number of primary amides is 1. The maximum Gasteiger partial charge on any atom is 0.250 e. The number of hydrogen-bond acceptors (Lipinski definition) is 5. The molecule has 134 valence electrons. The van der Waals surface area contributed by atoms with E-state index in [0.717, 1.165) is 10.9 Å². The molecular weight excluding hydrogens is 326 g/mol. The van der Waals surface area contributed by atoms with Crippen molar-refractivity contribution in [2.75, 3.05) is 5.32 Å². The molecule has 0 aliphatic carbocycles. The van der Waals surface area contributed by atoms with E-state index in [9.17, 15) is 4.79 Å². The van der Waals surface area contributed by atoms with E-state index in [0.29, 0.717) is 16.9 Å². The van der Waals surface area contributed by atoms with Gasteiger partial charge in [0.25, 0.3) is 5.91 Å². The van der Waals surface area contributed by atoms with E-state index < -0.39 is 5.91 Å². The van der Waals surface area contributed by atoms with Crippen LogP contribution in [-0.2, 0) is 0 Å². The average molecular weight is 349 g/mol. The van der Waals surface area contributed by atoms with Gasteiger partial charge in [0, 0.05) is 11.4 Å². The third kappa shape index (κ3) is 3.50. The van der Waals surface area contributed by atoms with Gasteiger partial charge >= 0.3 is 0 Å². The van der Waals surface area contributed by atoms with Crippen LogP contribution in [0.4, 0.5) is 5.82 Å². The van der Waals surface area contributed by atoms with E-state index in [2.05, 4.69) is 29.1 Å². The van der Waals surface area contributed by atoms with Gasteiger partial charge in [0.05, 0.1) is 17.1 Å². The first kappa shape index (κ1) is 17.8. The predicted octanol–water partition coefficient (Wildman–Crippen LogP) is 2.87. The highest BCUT2D eigenvalue weighted by Crippen LogP contribution is 2.29. The molecule has 6 nitrogen and oxygen atoms in total. The van der Waals surface area contributed by atoms with Crippen LogP contribution >= 0.6 is 0 Å². The zero-order valence-electron chi connectivity index (χ0n) is 14.9. The van der Waals surface area contributed by atoms with Crippen molar-refractivity contribution in [2.24, 2.45) is 17.4 Å². The molecule has 3 aromatic rings. The zero-order chi connectivity index (χ0) is 18.7. The first-order chi connectivity index (χ1) is 12.5. The fraction of sp³-hybridized carbons (Fsp3) is 0.250. The van der Waals surface area contributed by atoms with Crippen LogP contribution in [0.3, 0.4) is 0 Å². The van der Waals surface area contributed by atoms with Crippen molar-refractivity contribution in [1.29, 1.82) is 0 Å². The van der Waals surface area contributed by atoms with Crippen molar-refractivity contribution in [3.63, 3.8) is 0 Å². The number of benzene rings is 2. The lowest BCUT2D eigenvalue weighted by molar-refractivity contribution is 0.100. The normalized spacial score (nSPS) is 13.5. The van der Waals surface area contributed by atoms with Gasteiger partial charge in [0.1, 0.15) is 12.1 Å². The Bertz CT molecular complexity index is 910. The number of nitrogens with one attached hydrogen (secondary N) is 1. The minimum atomic E-state index is -0.515. The van der Waals surface area contributed by atoms with Gasteiger partial charge < -0.3 is 16.8 Å². The molecule has 1 amide bonds. The molecule has 2 aromatic carbocycles. The molecule has 1 aromatic heterocycles. The molecular formula is C20H23N5O. The zero-order valence-corrected chi connectivity index (χ0v) is 14.9. The number of para-hydroxylation sites is 1. The Kier molecular flexibility index (Phi) is 5.14. The Morgan fingerprint density at radius 2 is 1.77 bits per heavy atom. The van der Waals surface area contributed by atoms with Gasteiger partial charge in [-0.25, -0.2) is 9.97 Å². The van der Waals surface area contributed by atoms with Crippen LogP contribution in [0.1, 0.15) is 35.8 Å². The van der Waals surface area contributed by atoms with Crippen molar-refractivity contribution in [2.45, 2.75) is 25.9 Å². The summed E-state index contributed by atoms with van der Waals surface area (Å²) in [5.74, 6) is 0.379. The van der Waals surface area contributed by atoms with E-state index in [4.69, 9.17) is 11.5 Å². The van der Waals surface area contributed by atoms with Crippen molar-refractivity contribution >= 4 is 22.6 Å². The van der Waals surface area contributed by atoms with Crippen molar-refractivity contribution in [3.8, 4) is 0 Å². The summed E-state index contributed by atoms with van der Waals surface area (Å²) in [5.41, 5.74) is 13.9. The lowest BCUT2D eigenvalue weighted by Crippen LogP contribution is -2.37. The van der Waals surface area contributed by atoms with Gasteiger partial charge in [0.2, 0.25) is 0 Å². The number of carbonyl (C=O) groups excluding carboxylic acids is 1. The van der Waals surface area contributed by atoms with Crippen molar-refractivity contribution in [1.82, 2.24) is 9.97 Å². The van der Waals surface area contributed by atoms with Crippen molar-refractivity contribution < 1.29 is 4.79 Å². The van der Waals surface area contributed by atoms with Crippen LogP contribution in [0, 0.1) is 5.92 Å². The molecule has 0 aliphatic heterocycles. The average Bonchev–Trinajstić information content (AvgIpc) is 2.65. The Labute approximate surface area is 152 Å². The number of aromatic nitrogens is 2. The van der Waals surface area contributed by atoms with E-state index in [1.807, 2.05) is 36.4 Å². The second-order valence-electron chi connectivity index (χ2n) is 6.64. The number of rotatable bonds is 6. The second kappa shape index (κ2) is 7.49. The number of fused-ring (bicyclic) bond motifs is 1. The first-order valence-corrected chi connectivity index (χ1v) is 8.59. The van der Waals surface area contributed by atoms with Gasteiger partial charge in [0.15, 0.2) is 0 Å². The van der Waals surface area contributed by atoms with E-state index in [1.54, 1.807) is 12.1 Å². The molecule has 0 fully saturated rings. The molecule has 0 saturated heterocycles. The molecule has 3 rings (SSSR count). The predicted molar refractivity (Wildman–Crippen MR) is 104 cm³/mol. The molecule has 2 atom stereocenters. The van der Waals surface area contributed by atoms with Gasteiger partial charge in [-0.05, 0) is 23.6 Å². The van der Waals surface area contributed by atoms with E-state index in [-0.39, 0.29) is 18.0 Å². The highest BCUT2D eigenvalue weighted by atomic mass is 16.1. The number of nitrogens with two attached hydrogens (primary N) is 2. The number of amides is 1. The van der Waals surface area contributed by atoms with Crippen LogP contribution in [0.25, 0.3) is 10.9 Å². The minimum absolute atomic E-state index is 0.123. The molecule has 26 heavy (non-hydrogen) atoms. The summed E-state index contributed by atoms with van der Waals surface area (Å²) in [7, 11) is 0. The SMILES string of the molecule is CC(C)[C@@H](N)C(Nc1ncnc2c(C(N)=O)cccc12)c1ccccc1. The summed E-state index contributed by atoms with van der Waals surface area (Å²) in [6, 6.07) is 15.1. The lowest BCUT2D eigenvalue weighted by Gasteiger charge is -2.29. The Hall–Kier alpha value is -2.99. The molecule has 0 bridgehead atoms. The number of nitrogens with zero attached hydrogens (tertiary/aromatic N) is 2. The summed E-state index contributed by atoms with van der Waals surface area (Å²) < 4.78 is 0. The summed E-state index contributed by atoms with van der Waals surface area (Å²) in [6.07, 6.45) is 1.43. The van der Waals surface area contributed by atoms with Gasteiger partial charge in [-0.3, -0.25) is 4.79 Å². The monoisotopic (exact) mass is 349 g/mol. The third-order valence-electron chi connectivity index (χ3n) is 4.54. The Balaban J connectivity index is 2.07. The Morgan fingerprint density at radius 3 is 2.42 bits per heavy atom. The minimum Gasteiger partial charge on any atom is -0.366 e. The second-order valence-corrected chi connectivity index (χ2v) is 6.64. The Morgan fingerprint density at radius 1 is 1.04 bits per heavy atom. The van der Waals surface area contributed by atoms with Crippen molar-refractivity contribution in [3.05, 3.63) is 66.0 Å². The first-order valence-electron chi connectivity index (χ1n) is 8.59. The molecule has 1 heterocycles. The maximum absolute atomic E-state index is 11.7. The molecule has 5 N–H and O–H groups in total. The van der Waals surface area contributed by atoms with Crippen LogP contribution in [0.5, 0.6) is 0 Å². The van der Waals surface area contributed by atoms with Gasteiger partial charge in [-0.1, -0.05) is 50.2 Å². The molecule has 0 spiro atoms. The maximum atomic E-state index is 11.7. The summed E-state index contributed by atoms with van der Waals surface area (Å²) in [6.45, 7) is 4.18. The summed E-state index contributed by atoms with van der Waals surface area (Å²) in [5, 5.41) is 4.19. The van der Waals surface area contributed by atoms with Gasteiger partial charge in [-0.15, -0.1) is 0 Å². The molecule has 6 heteroatoms. The topological polar surface area (TPSA) is 107 Å². The highest BCUT2D eigenvalue weighted by molar-refractivity contribution is 6.06. The third-order valence-corrected chi connectivity index (χ3v) is 4.54. The standard InChI is InChI=1S/C20H23N5O/c1-12(2)16(21)17(13-7-4-3-5-8-13)25-20-15-10-6-9-14(19(22)26)18(15)23-11-24-20/h3-12,16-17H,21H2,1-2H3,(H2,22,26)(H,23,24,25)/t16-,17?/m1/s1. The molecule has 0 saturated carbocycles. The van der Waals surface area contributed by atoms with E-state index >= 15 is 0 Å². The van der Waals surface area contributed by atoms with Crippen LogP contribution in [0.2, 0.25) is 0 Å². The van der Waals surface area contributed by atoms with Crippen LogP contribution < -0.4 is 16.8 Å². The number of carbonyl (C=O) groups is 1. The largest absolute Gasteiger partial charge is 0.366 e. The molecule has 1 unspecified atom stereocenters.